The molecule has 1 fully saturated rings. The second-order valence-electron chi connectivity index (χ2n) is 9.81. The van der Waals surface area contributed by atoms with E-state index in [9.17, 15) is 9.59 Å². The number of benzene rings is 2. The van der Waals surface area contributed by atoms with Crippen LogP contribution in [0.2, 0.25) is 0 Å². The first kappa shape index (κ1) is 25.6. The Hall–Kier alpha value is -3.45. The zero-order valence-electron chi connectivity index (χ0n) is 21.7. The van der Waals surface area contributed by atoms with E-state index >= 15 is 0 Å². The van der Waals surface area contributed by atoms with E-state index in [0.29, 0.717) is 50.2 Å². The van der Waals surface area contributed by atoms with Gasteiger partial charge in [0.05, 0.1) is 6.54 Å². The van der Waals surface area contributed by atoms with Crippen LogP contribution in [0.1, 0.15) is 72.7 Å². The minimum Gasteiger partial charge on any atom is -0.447 e. The molecule has 0 bridgehead atoms. The van der Waals surface area contributed by atoms with Crippen LogP contribution in [0.25, 0.3) is 0 Å². The van der Waals surface area contributed by atoms with Gasteiger partial charge >= 0.3 is 0 Å². The summed E-state index contributed by atoms with van der Waals surface area (Å²) in [6.45, 7) is 11.4. The van der Waals surface area contributed by atoms with Crippen LogP contribution in [0.15, 0.2) is 65.3 Å². The highest BCUT2D eigenvalue weighted by molar-refractivity contribution is 5.92. The van der Waals surface area contributed by atoms with Crippen LogP contribution < -0.4 is 0 Å². The highest BCUT2D eigenvalue weighted by Crippen LogP contribution is 2.25. The Bertz CT molecular complexity index is 1150. The Labute approximate surface area is 213 Å². The Morgan fingerprint density at radius 2 is 1.53 bits per heavy atom. The molecule has 4 rings (SSSR count). The molecule has 0 unspecified atom stereocenters. The summed E-state index contributed by atoms with van der Waals surface area (Å²) < 4.78 is 5.78. The van der Waals surface area contributed by atoms with Crippen LogP contribution in [0, 0.1) is 0 Å². The van der Waals surface area contributed by atoms with Crippen LogP contribution >= 0.6 is 0 Å². The van der Waals surface area contributed by atoms with Crippen LogP contribution in [0.4, 0.5) is 0 Å². The van der Waals surface area contributed by atoms with Gasteiger partial charge in [0.2, 0.25) is 11.8 Å². The molecule has 0 N–H and O–H groups in total. The summed E-state index contributed by atoms with van der Waals surface area (Å²) in [5.41, 5.74) is 4.06. The molecule has 2 aromatic carbocycles. The van der Waals surface area contributed by atoms with Crippen molar-refractivity contribution in [3.63, 3.8) is 0 Å². The monoisotopic (exact) mass is 488 g/mol. The van der Waals surface area contributed by atoms with Gasteiger partial charge in [0.1, 0.15) is 6.26 Å². The SMILES string of the molecule is CC(=O)N1CCN(C(=O)c2coc(CN(Cc3ccc(C(C)C)cc3)[C@@H](C)c3ccccc3)n2)CC1. The zero-order valence-corrected chi connectivity index (χ0v) is 21.7. The maximum absolute atomic E-state index is 13.0. The highest BCUT2D eigenvalue weighted by Gasteiger charge is 2.26. The van der Waals surface area contributed by atoms with Crippen molar-refractivity contribution in [2.75, 3.05) is 26.2 Å². The fourth-order valence-corrected chi connectivity index (χ4v) is 4.56. The number of carbonyl (C=O) groups is 2. The van der Waals surface area contributed by atoms with E-state index in [1.54, 1.807) is 16.7 Å². The van der Waals surface area contributed by atoms with Gasteiger partial charge in [-0.05, 0) is 29.5 Å². The first-order chi connectivity index (χ1) is 17.3. The maximum Gasteiger partial charge on any atom is 0.275 e. The predicted molar refractivity (Wildman–Crippen MR) is 139 cm³/mol. The molecule has 2 amide bonds. The quantitative estimate of drug-likeness (QED) is 0.453. The van der Waals surface area contributed by atoms with Crippen molar-refractivity contribution in [3.8, 4) is 0 Å². The van der Waals surface area contributed by atoms with Crippen LogP contribution in [0.3, 0.4) is 0 Å². The lowest BCUT2D eigenvalue weighted by molar-refractivity contribution is -0.130. The normalized spacial score (nSPS) is 14.9. The van der Waals surface area contributed by atoms with Gasteiger partial charge in [-0.3, -0.25) is 14.5 Å². The maximum atomic E-state index is 13.0. The minimum atomic E-state index is -0.153. The molecule has 1 aliphatic rings. The highest BCUT2D eigenvalue weighted by atomic mass is 16.3. The summed E-state index contributed by atoms with van der Waals surface area (Å²) in [7, 11) is 0. The van der Waals surface area contributed by atoms with E-state index in [1.165, 1.54) is 23.0 Å². The Kier molecular flexibility index (Phi) is 8.21. The van der Waals surface area contributed by atoms with Crippen molar-refractivity contribution in [3.05, 3.63) is 89.1 Å². The van der Waals surface area contributed by atoms with Crippen molar-refractivity contribution in [1.29, 1.82) is 0 Å². The molecule has 7 nitrogen and oxygen atoms in total. The van der Waals surface area contributed by atoms with Gasteiger partial charge < -0.3 is 14.2 Å². The summed E-state index contributed by atoms with van der Waals surface area (Å²) in [5.74, 6) is 0.895. The lowest BCUT2D eigenvalue weighted by atomic mass is 10.0. The molecule has 7 heteroatoms. The van der Waals surface area contributed by atoms with Gasteiger partial charge in [-0.2, -0.15) is 0 Å². The summed E-state index contributed by atoms with van der Waals surface area (Å²) in [6.07, 6.45) is 1.46. The first-order valence-electron chi connectivity index (χ1n) is 12.7. The number of amides is 2. The molecular formula is C29H36N4O3. The summed E-state index contributed by atoms with van der Waals surface area (Å²) >= 11 is 0. The molecule has 3 aromatic rings. The molecule has 1 aliphatic heterocycles. The average molecular weight is 489 g/mol. The third-order valence-electron chi connectivity index (χ3n) is 6.98. The van der Waals surface area contributed by atoms with E-state index in [4.69, 9.17) is 4.42 Å². The average Bonchev–Trinajstić information content (AvgIpc) is 3.37. The van der Waals surface area contributed by atoms with Crippen LogP contribution in [-0.4, -0.2) is 57.7 Å². The molecule has 0 aliphatic carbocycles. The Morgan fingerprint density at radius 3 is 2.14 bits per heavy atom. The second-order valence-corrected chi connectivity index (χ2v) is 9.81. The molecule has 0 saturated carbocycles. The number of nitrogens with zero attached hydrogens (tertiary/aromatic N) is 4. The second kappa shape index (κ2) is 11.5. The van der Waals surface area contributed by atoms with E-state index in [0.717, 1.165) is 6.54 Å². The predicted octanol–water partition coefficient (Wildman–Crippen LogP) is 4.87. The van der Waals surface area contributed by atoms with E-state index in [1.807, 2.05) is 6.07 Å². The molecule has 1 atom stereocenters. The fraction of sp³-hybridized carbons (Fsp3) is 0.414. The molecule has 1 aromatic heterocycles. The fourth-order valence-electron chi connectivity index (χ4n) is 4.56. The number of piperazine rings is 1. The molecule has 2 heterocycles. The van der Waals surface area contributed by atoms with Gasteiger partial charge in [0.15, 0.2) is 5.69 Å². The molecule has 190 valence electrons. The zero-order chi connectivity index (χ0) is 25.7. The van der Waals surface area contributed by atoms with E-state index in [2.05, 4.69) is 79.2 Å². The smallest absolute Gasteiger partial charge is 0.275 e. The Balaban J connectivity index is 1.48. The summed E-state index contributed by atoms with van der Waals surface area (Å²) in [5, 5.41) is 0. The minimum absolute atomic E-state index is 0.0392. The lowest BCUT2D eigenvalue weighted by Gasteiger charge is -2.33. The van der Waals surface area contributed by atoms with Crippen LogP contribution in [-0.2, 0) is 17.9 Å². The topological polar surface area (TPSA) is 69.9 Å². The number of hydrogen-bond donors (Lipinski definition) is 0. The molecular weight excluding hydrogens is 452 g/mol. The van der Waals surface area contributed by atoms with Crippen molar-refractivity contribution < 1.29 is 14.0 Å². The van der Waals surface area contributed by atoms with Crippen LogP contribution in [0.5, 0.6) is 0 Å². The lowest BCUT2D eigenvalue weighted by Crippen LogP contribution is -2.50. The number of hydrogen-bond acceptors (Lipinski definition) is 5. The first-order valence-corrected chi connectivity index (χ1v) is 12.7. The van der Waals surface area contributed by atoms with Crippen molar-refractivity contribution in [2.45, 2.75) is 52.7 Å². The molecule has 0 radical (unpaired) electrons. The van der Waals surface area contributed by atoms with Gasteiger partial charge in [-0.15, -0.1) is 0 Å². The molecule has 0 spiro atoms. The summed E-state index contributed by atoms with van der Waals surface area (Å²) in [6, 6.07) is 19.3. The Morgan fingerprint density at radius 1 is 0.889 bits per heavy atom. The van der Waals surface area contributed by atoms with Crippen molar-refractivity contribution >= 4 is 11.8 Å². The van der Waals surface area contributed by atoms with Crippen molar-refractivity contribution in [2.24, 2.45) is 0 Å². The van der Waals surface area contributed by atoms with Gasteiger partial charge in [-0.1, -0.05) is 68.4 Å². The summed E-state index contributed by atoms with van der Waals surface area (Å²) in [4.78, 5) is 34.9. The number of rotatable bonds is 8. The number of aromatic nitrogens is 1. The van der Waals surface area contributed by atoms with Crippen molar-refractivity contribution in [1.82, 2.24) is 19.7 Å². The largest absolute Gasteiger partial charge is 0.447 e. The van der Waals surface area contributed by atoms with Gasteiger partial charge in [-0.25, -0.2) is 4.98 Å². The third-order valence-corrected chi connectivity index (χ3v) is 6.98. The number of oxazole rings is 1. The number of carbonyl (C=O) groups excluding carboxylic acids is 2. The molecule has 36 heavy (non-hydrogen) atoms. The van der Waals surface area contributed by atoms with Gasteiger partial charge in [0.25, 0.3) is 5.91 Å². The van der Waals surface area contributed by atoms with Gasteiger partial charge in [0, 0.05) is 45.7 Å². The molecule has 1 saturated heterocycles. The third kappa shape index (κ3) is 6.21. The standard InChI is InChI=1S/C29H36N4O3/c1-21(2)25-12-10-24(11-13-25)18-33(22(3)26-8-6-5-7-9-26)19-28-30-27(20-36-28)29(35)32-16-14-31(15-17-32)23(4)34/h5-13,20-22H,14-19H2,1-4H3/t22-/m0/s1. The van der Waals surface area contributed by atoms with E-state index < -0.39 is 0 Å². The van der Waals surface area contributed by atoms with E-state index in [-0.39, 0.29) is 17.9 Å².